The molecule has 0 heterocycles. The molecule has 17 heavy (non-hydrogen) atoms. The minimum atomic E-state index is -1.15. The van der Waals surface area contributed by atoms with E-state index < -0.39 is 35.8 Å². The normalized spacial score (nSPS) is 13.9. The molecule has 0 aromatic heterocycles. The summed E-state index contributed by atoms with van der Waals surface area (Å²) in [7, 11) is 0. The largest absolute Gasteiger partial charge is 0.481 e. The number of aliphatic carboxylic acids is 1. The third kappa shape index (κ3) is 4.28. The Labute approximate surface area is 115 Å². The average molecular weight is 279 g/mol. The number of Topliss-reactive ketones (excluding diaryl/α,β-unsaturated/α-hetero) is 1. The maximum absolute atomic E-state index is 11.9. The molecule has 0 saturated carbocycles. The van der Waals surface area contributed by atoms with Gasteiger partial charge in [-0.2, -0.15) is 13.5 Å². The third-order valence-corrected chi connectivity index (χ3v) is 2.19. The van der Waals surface area contributed by atoms with E-state index in [1.165, 1.54) is 6.92 Å². The average Bonchev–Trinajstić information content (AvgIpc) is 2.34. The maximum Gasteiger partial charge on any atom is 0.306 e. The van der Waals surface area contributed by atoms with E-state index in [-0.39, 0.29) is 36.2 Å². The number of carboxylic acid groups (broad SMARTS) is 1. The van der Waals surface area contributed by atoms with Crippen LogP contribution in [-0.2, 0) is 4.79 Å². The standard InChI is InChI=1S/C11H12ClNO3.H2S/c1-6(11(15)16)4-10(14)8-3-2-7(12)5-9(8)13;/h2-3,5-6H,4,13H2,1H3,(H,15,16);1H2/t6-;/m0./s1/i2D,3D,5D;. The molecule has 6 heteroatoms. The summed E-state index contributed by atoms with van der Waals surface area (Å²) in [6.45, 7) is 1.35. The Morgan fingerprint density at radius 2 is 2.18 bits per heavy atom. The number of rotatable bonds is 4. The number of nitrogens with two attached hydrogens (primary N) is 1. The Kier molecular flexibility index (Phi) is 4.19. The van der Waals surface area contributed by atoms with Crippen LogP contribution in [0.5, 0.6) is 0 Å². The van der Waals surface area contributed by atoms with Gasteiger partial charge in [-0.05, 0) is 18.1 Å². The third-order valence-electron chi connectivity index (χ3n) is 2.00. The van der Waals surface area contributed by atoms with Gasteiger partial charge in [-0.3, -0.25) is 9.59 Å². The van der Waals surface area contributed by atoms with Crippen molar-refractivity contribution in [2.24, 2.45) is 5.92 Å². The predicted octanol–water partition coefficient (Wildman–Crippen LogP) is 2.33. The highest BCUT2D eigenvalue weighted by atomic mass is 35.5. The van der Waals surface area contributed by atoms with Crippen LogP contribution in [0.15, 0.2) is 18.1 Å². The van der Waals surface area contributed by atoms with Gasteiger partial charge in [-0.1, -0.05) is 18.5 Å². The van der Waals surface area contributed by atoms with Crippen molar-refractivity contribution in [3.8, 4) is 0 Å². The summed E-state index contributed by atoms with van der Waals surface area (Å²) in [5.41, 5.74) is 4.95. The Hall–Kier alpha value is -1.20. The van der Waals surface area contributed by atoms with E-state index in [0.29, 0.717) is 0 Å². The quantitative estimate of drug-likeness (QED) is 0.654. The van der Waals surface area contributed by atoms with Crippen molar-refractivity contribution in [1.29, 1.82) is 0 Å². The summed E-state index contributed by atoms with van der Waals surface area (Å²) >= 11 is 5.64. The van der Waals surface area contributed by atoms with Crippen molar-refractivity contribution in [3.63, 3.8) is 0 Å². The van der Waals surface area contributed by atoms with Crippen LogP contribution in [0, 0.1) is 5.92 Å². The topological polar surface area (TPSA) is 80.4 Å². The van der Waals surface area contributed by atoms with Crippen LogP contribution < -0.4 is 5.73 Å². The predicted molar refractivity (Wildman–Crippen MR) is 72.0 cm³/mol. The molecule has 0 amide bonds. The highest BCUT2D eigenvalue weighted by molar-refractivity contribution is 7.59. The summed E-state index contributed by atoms with van der Waals surface area (Å²) in [5.74, 6) is -2.77. The Balaban J connectivity index is 0.00000361. The Morgan fingerprint density at radius 1 is 1.59 bits per heavy atom. The zero-order chi connectivity index (χ0) is 14.9. The van der Waals surface area contributed by atoms with Gasteiger partial charge in [-0.25, -0.2) is 0 Å². The molecule has 3 N–H and O–H groups in total. The Bertz CT molecular complexity index is 539. The second-order valence-corrected chi connectivity index (χ2v) is 3.72. The van der Waals surface area contributed by atoms with E-state index in [1.54, 1.807) is 0 Å². The van der Waals surface area contributed by atoms with E-state index in [1.807, 2.05) is 0 Å². The fourth-order valence-corrected chi connectivity index (χ4v) is 1.23. The number of carboxylic acids is 1. The molecule has 0 spiro atoms. The van der Waals surface area contributed by atoms with Gasteiger partial charge in [0.15, 0.2) is 5.78 Å². The van der Waals surface area contributed by atoms with E-state index >= 15 is 0 Å². The number of halogens is 1. The number of hydrogen-bond donors (Lipinski definition) is 2. The van der Waals surface area contributed by atoms with Gasteiger partial charge in [0.2, 0.25) is 0 Å². The molecule has 1 atom stereocenters. The fourth-order valence-electron chi connectivity index (χ4n) is 1.08. The van der Waals surface area contributed by atoms with Gasteiger partial charge >= 0.3 is 5.97 Å². The van der Waals surface area contributed by atoms with Crippen LogP contribution in [0.1, 0.15) is 27.8 Å². The molecule has 0 bridgehead atoms. The van der Waals surface area contributed by atoms with Crippen molar-refractivity contribution >= 4 is 42.5 Å². The van der Waals surface area contributed by atoms with E-state index in [2.05, 4.69) is 0 Å². The van der Waals surface area contributed by atoms with Gasteiger partial charge in [0.25, 0.3) is 0 Å². The van der Waals surface area contributed by atoms with Gasteiger partial charge in [0.1, 0.15) is 0 Å². The van der Waals surface area contributed by atoms with Gasteiger partial charge < -0.3 is 10.8 Å². The molecule has 1 rings (SSSR count). The molecular weight excluding hydrogens is 262 g/mol. The lowest BCUT2D eigenvalue weighted by Gasteiger charge is -2.07. The SMILES string of the molecule is S.[2H]c1c([2H])c(C(=O)C[C@H](C)C(=O)O)c(N)c([2H])c1Cl. The maximum atomic E-state index is 11.9. The molecule has 0 radical (unpaired) electrons. The molecule has 0 fully saturated rings. The monoisotopic (exact) mass is 278 g/mol. The first-order valence-corrected chi connectivity index (χ1v) is 4.87. The fraction of sp³-hybridized carbons (Fsp3) is 0.273. The van der Waals surface area contributed by atoms with Crippen molar-refractivity contribution in [2.45, 2.75) is 13.3 Å². The summed E-state index contributed by atoms with van der Waals surface area (Å²) < 4.78 is 22.7. The zero-order valence-electron chi connectivity index (χ0n) is 12.0. The number of ketones is 1. The smallest absolute Gasteiger partial charge is 0.306 e. The van der Waals surface area contributed by atoms with Crippen LogP contribution in [0.25, 0.3) is 0 Å². The highest BCUT2D eigenvalue weighted by Gasteiger charge is 2.18. The number of anilines is 1. The summed E-state index contributed by atoms with van der Waals surface area (Å²) in [6, 6.07) is -1.35. The molecule has 4 nitrogen and oxygen atoms in total. The van der Waals surface area contributed by atoms with Crippen molar-refractivity contribution in [1.82, 2.24) is 0 Å². The Morgan fingerprint density at radius 3 is 2.71 bits per heavy atom. The molecule has 0 unspecified atom stereocenters. The number of carbonyl (C=O) groups excluding carboxylic acids is 1. The summed E-state index contributed by atoms with van der Waals surface area (Å²) in [5, 5.41) is 8.44. The number of benzene rings is 1. The van der Waals surface area contributed by atoms with Crippen LogP contribution in [0.3, 0.4) is 0 Å². The number of nitrogen functional groups attached to an aromatic ring is 1. The van der Waals surface area contributed by atoms with Crippen LogP contribution in [0.2, 0.25) is 5.02 Å². The molecule has 0 aliphatic rings. The minimum absolute atomic E-state index is 0. The van der Waals surface area contributed by atoms with Crippen molar-refractivity contribution in [3.05, 3.63) is 28.7 Å². The van der Waals surface area contributed by atoms with Crippen molar-refractivity contribution < 1.29 is 18.8 Å². The summed E-state index contributed by atoms with van der Waals surface area (Å²) in [4.78, 5) is 22.6. The van der Waals surface area contributed by atoms with E-state index in [9.17, 15) is 9.59 Å². The first-order valence-electron chi connectivity index (χ1n) is 5.99. The molecule has 0 aliphatic heterocycles. The van der Waals surface area contributed by atoms with E-state index in [0.717, 1.165) is 0 Å². The van der Waals surface area contributed by atoms with E-state index in [4.69, 9.17) is 26.6 Å². The molecule has 1 aromatic carbocycles. The number of hydrogen-bond acceptors (Lipinski definition) is 3. The van der Waals surface area contributed by atoms with Gasteiger partial charge in [0, 0.05) is 22.7 Å². The lowest BCUT2D eigenvalue weighted by molar-refractivity contribution is -0.141. The lowest BCUT2D eigenvalue weighted by atomic mass is 9.99. The van der Waals surface area contributed by atoms with Crippen molar-refractivity contribution in [2.75, 3.05) is 5.73 Å². The first kappa shape index (κ1) is 10.9. The van der Waals surface area contributed by atoms with Crippen LogP contribution in [-0.4, -0.2) is 16.9 Å². The second kappa shape index (κ2) is 6.51. The minimum Gasteiger partial charge on any atom is -0.481 e. The lowest BCUT2D eigenvalue weighted by Crippen LogP contribution is -2.15. The zero-order valence-corrected chi connectivity index (χ0v) is 10.8. The molecular formula is C11H14ClNO3S. The van der Waals surface area contributed by atoms with Gasteiger partial charge in [-0.15, -0.1) is 0 Å². The van der Waals surface area contributed by atoms with Crippen LogP contribution in [0.4, 0.5) is 5.69 Å². The molecule has 94 valence electrons. The molecule has 0 saturated heterocycles. The summed E-state index contributed by atoms with van der Waals surface area (Å²) in [6.07, 6.45) is -0.355. The molecule has 0 aliphatic carbocycles. The highest BCUT2D eigenvalue weighted by Crippen LogP contribution is 2.20. The van der Waals surface area contributed by atoms with Crippen LogP contribution >= 0.6 is 25.1 Å². The van der Waals surface area contributed by atoms with Gasteiger partial charge in [0.05, 0.1) is 10.0 Å². The number of carbonyl (C=O) groups is 2. The first-order chi connectivity index (χ1) is 8.68. The second-order valence-electron chi connectivity index (χ2n) is 3.34. The molecule has 1 aromatic rings.